The molecule has 0 atom stereocenters. The van der Waals surface area contributed by atoms with Gasteiger partial charge in [-0.05, 0) is 38.5 Å². The molecule has 0 radical (unpaired) electrons. The largest absolute Gasteiger partial charge is 0.377 e. The second-order valence-electron chi connectivity index (χ2n) is 5.91. The smallest absolute Gasteiger partial charge is 0.241 e. The number of benzene rings is 1. The average molecular weight is 323 g/mol. The molecule has 7 nitrogen and oxygen atoms in total. The summed E-state index contributed by atoms with van der Waals surface area (Å²) in [5.74, 6) is 0.455. The van der Waals surface area contributed by atoms with Crippen molar-refractivity contribution >= 4 is 15.7 Å². The van der Waals surface area contributed by atoms with Gasteiger partial charge in [-0.15, -0.1) is 0 Å². The standard InChI is InChI=1S/C14H21N5O2S/c1-10-6-7-11(8-12(10)19(4)5)22(20,21)18-14(2,3)13-15-9-16-17-13/h6-9,18H,1-5H3,(H,15,16,17). The van der Waals surface area contributed by atoms with Crippen LogP contribution in [0.4, 0.5) is 5.69 Å². The van der Waals surface area contributed by atoms with E-state index >= 15 is 0 Å². The van der Waals surface area contributed by atoms with Crippen LogP contribution in [0.5, 0.6) is 0 Å². The van der Waals surface area contributed by atoms with Gasteiger partial charge in [-0.3, -0.25) is 5.10 Å². The van der Waals surface area contributed by atoms with Gasteiger partial charge in [0, 0.05) is 19.8 Å². The van der Waals surface area contributed by atoms with Gasteiger partial charge < -0.3 is 4.90 Å². The Bertz CT molecular complexity index is 752. The quantitative estimate of drug-likeness (QED) is 0.868. The van der Waals surface area contributed by atoms with Gasteiger partial charge in [0.2, 0.25) is 10.0 Å². The molecule has 2 rings (SSSR count). The highest BCUT2D eigenvalue weighted by Crippen LogP contribution is 2.24. The highest BCUT2D eigenvalue weighted by atomic mass is 32.2. The molecule has 0 aliphatic carbocycles. The Balaban J connectivity index is 2.37. The number of nitrogens with zero attached hydrogens (tertiary/aromatic N) is 3. The first kappa shape index (κ1) is 16.4. The summed E-state index contributed by atoms with van der Waals surface area (Å²) >= 11 is 0. The first-order chi connectivity index (χ1) is 10.1. The Morgan fingerprint density at radius 1 is 1.27 bits per heavy atom. The van der Waals surface area contributed by atoms with Crippen LogP contribution < -0.4 is 9.62 Å². The van der Waals surface area contributed by atoms with E-state index < -0.39 is 15.6 Å². The number of hydrogen-bond acceptors (Lipinski definition) is 5. The first-order valence-electron chi connectivity index (χ1n) is 6.81. The van der Waals surface area contributed by atoms with Gasteiger partial charge in [-0.2, -0.15) is 9.82 Å². The summed E-state index contributed by atoms with van der Waals surface area (Å²) in [5, 5.41) is 6.46. The van der Waals surface area contributed by atoms with Crippen molar-refractivity contribution in [2.45, 2.75) is 31.2 Å². The SMILES string of the molecule is Cc1ccc(S(=O)(=O)NC(C)(C)c2ncn[nH]2)cc1N(C)C. The van der Waals surface area contributed by atoms with Gasteiger partial charge in [0.15, 0.2) is 0 Å². The van der Waals surface area contributed by atoms with Crippen LogP contribution in [0.15, 0.2) is 29.4 Å². The number of sulfonamides is 1. The van der Waals surface area contributed by atoms with Crippen molar-refractivity contribution in [3.05, 3.63) is 35.9 Å². The highest BCUT2D eigenvalue weighted by molar-refractivity contribution is 7.89. The van der Waals surface area contributed by atoms with E-state index in [1.807, 2.05) is 25.9 Å². The zero-order chi connectivity index (χ0) is 16.5. The third-order valence-corrected chi connectivity index (χ3v) is 5.02. The predicted molar refractivity (Wildman–Crippen MR) is 85.2 cm³/mol. The van der Waals surface area contributed by atoms with Crippen molar-refractivity contribution < 1.29 is 8.42 Å². The molecule has 0 saturated carbocycles. The molecule has 1 aromatic carbocycles. The number of aryl methyl sites for hydroxylation is 1. The highest BCUT2D eigenvalue weighted by Gasteiger charge is 2.30. The van der Waals surface area contributed by atoms with Crippen LogP contribution in [0.2, 0.25) is 0 Å². The second-order valence-corrected chi connectivity index (χ2v) is 7.59. The Labute approximate surface area is 130 Å². The normalized spacial score (nSPS) is 12.4. The third-order valence-electron chi connectivity index (χ3n) is 3.37. The fourth-order valence-electron chi connectivity index (χ4n) is 2.19. The number of H-pyrrole nitrogens is 1. The maximum Gasteiger partial charge on any atom is 0.241 e. The molecule has 22 heavy (non-hydrogen) atoms. The third kappa shape index (κ3) is 3.28. The lowest BCUT2D eigenvalue weighted by Gasteiger charge is -2.24. The Hall–Kier alpha value is -1.93. The van der Waals surface area contributed by atoms with Gasteiger partial charge in [0.25, 0.3) is 0 Å². The molecule has 2 N–H and O–H groups in total. The molecular formula is C14H21N5O2S. The fourth-order valence-corrected chi connectivity index (χ4v) is 3.59. The summed E-state index contributed by atoms with van der Waals surface area (Å²) < 4.78 is 27.9. The lowest BCUT2D eigenvalue weighted by molar-refractivity contribution is 0.448. The number of anilines is 1. The summed E-state index contributed by atoms with van der Waals surface area (Å²) in [6, 6.07) is 5.06. The molecular weight excluding hydrogens is 302 g/mol. The topological polar surface area (TPSA) is 91.0 Å². The van der Waals surface area contributed by atoms with Crippen LogP contribution in [0, 0.1) is 6.92 Å². The maximum absolute atomic E-state index is 12.6. The lowest BCUT2D eigenvalue weighted by atomic mass is 10.1. The summed E-state index contributed by atoms with van der Waals surface area (Å²) in [6.07, 6.45) is 1.35. The monoisotopic (exact) mass is 323 g/mol. The van der Waals surface area contributed by atoms with E-state index in [1.54, 1.807) is 32.0 Å². The van der Waals surface area contributed by atoms with E-state index in [2.05, 4.69) is 19.9 Å². The average Bonchev–Trinajstić information content (AvgIpc) is 2.91. The molecule has 0 amide bonds. The number of hydrogen-bond donors (Lipinski definition) is 2. The fraction of sp³-hybridized carbons (Fsp3) is 0.429. The molecule has 1 aromatic heterocycles. The van der Waals surface area contributed by atoms with E-state index in [-0.39, 0.29) is 4.90 Å². The van der Waals surface area contributed by atoms with E-state index in [1.165, 1.54) is 6.33 Å². The Morgan fingerprint density at radius 3 is 2.50 bits per heavy atom. The van der Waals surface area contributed by atoms with E-state index in [0.29, 0.717) is 5.82 Å². The van der Waals surface area contributed by atoms with E-state index in [0.717, 1.165) is 11.3 Å². The number of aromatic nitrogens is 3. The minimum atomic E-state index is -3.68. The summed E-state index contributed by atoms with van der Waals surface area (Å²) in [4.78, 5) is 6.13. The van der Waals surface area contributed by atoms with Crippen molar-refractivity contribution in [2.24, 2.45) is 0 Å². The molecule has 0 bridgehead atoms. The summed E-state index contributed by atoms with van der Waals surface area (Å²) in [7, 11) is 0.0779. The van der Waals surface area contributed by atoms with Gasteiger partial charge >= 0.3 is 0 Å². The molecule has 2 aromatic rings. The Kier molecular flexibility index (Phi) is 4.25. The molecule has 0 unspecified atom stereocenters. The van der Waals surface area contributed by atoms with Crippen LogP contribution in [0.1, 0.15) is 25.2 Å². The van der Waals surface area contributed by atoms with Crippen molar-refractivity contribution in [3.63, 3.8) is 0 Å². The molecule has 1 heterocycles. The molecule has 0 aliphatic rings. The number of aromatic amines is 1. The number of nitrogens with one attached hydrogen (secondary N) is 2. The first-order valence-corrected chi connectivity index (χ1v) is 8.29. The van der Waals surface area contributed by atoms with E-state index in [4.69, 9.17) is 0 Å². The molecule has 8 heteroatoms. The van der Waals surface area contributed by atoms with Crippen LogP contribution in [-0.4, -0.2) is 37.7 Å². The van der Waals surface area contributed by atoms with Gasteiger partial charge in [0.1, 0.15) is 12.2 Å². The van der Waals surface area contributed by atoms with E-state index in [9.17, 15) is 8.42 Å². The lowest BCUT2D eigenvalue weighted by Crippen LogP contribution is -2.41. The minimum absolute atomic E-state index is 0.217. The van der Waals surface area contributed by atoms with Gasteiger partial charge in [-0.1, -0.05) is 6.07 Å². The van der Waals surface area contributed by atoms with Gasteiger partial charge in [-0.25, -0.2) is 13.4 Å². The van der Waals surface area contributed by atoms with Crippen molar-refractivity contribution in [1.29, 1.82) is 0 Å². The van der Waals surface area contributed by atoms with Gasteiger partial charge in [0.05, 0.1) is 10.4 Å². The number of rotatable bonds is 5. The molecule has 0 fully saturated rings. The van der Waals surface area contributed by atoms with Crippen molar-refractivity contribution in [2.75, 3.05) is 19.0 Å². The summed E-state index contributed by atoms with van der Waals surface area (Å²) in [5.41, 5.74) is 0.984. The second kappa shape index (κ2) is 5.69. The Morgan fingerprint density at radius 2 is 1.95 bits per heavy atom. The van der Waals surface area contributed by atoms with Crippen LogP contribution in [0.3, 0.4) is 0 Å². The zero-order valence-electron chi connectivity index (χ0n) is 13.4. The van der Waals surface area contributed by atoms with Crippen LogP contribution in [-0.2, 0) is 15.6 Å². The zero-order valence-corrected chi connectivity index (χ0v) is 14.2. The summed E-state index contributed by atoms with van der Waals surface area (Å²) in [6.45, 7) is 5.40. The maximum atomic E-state index is 12.6. The minimum Gasteiger partial charge on any atom is -0.377 e. The molecule has 120 valence electrons. The molecule has 0 saturated heterocycles. The van der Waals surface area contributed by atoms with Crippen molar-refractivity contribution in [1.82, 2.24) is 19.9 Å². The predicted octanol–water partition coefficient (Wildman–Crippen LogP) is 1.39. The van der Waals surface area contributed by atoms with Crippen LogP contribution >= 0.6 is 0 Å². The molecule has 0 spiro atoms. The van der Waals surface area contributed by atoms with Crippen molar-refractivity contribution in [3.8, 4) is 0 Å². The van der Waals surface area contributed by atoms with Crippen LogP contribution in [0.25, 0.3) is 0 Å². The molecule has 0 aliphatic heterocycles.